The highest BCUT2D eigenvalue weighted by Crippen LogP contribution is 2.45. The minimum absolute atomic E-state index is 0.0275. The molecule has 186 valence electrons. The molecule has 4 aliphatic rings. The van der Waals surface area contributed by atoms with Crippen LogP contribution in [-0.4, -0.2) is 73.1 Å². The fourth-order valence-corrected chi connectivity index (χ4v) is 6.33. The average Bonchev–Trinajstić information content (AvgIpc) is 3.20. The van der Waals surface area contributed by atoms with Crippen molar-refractivity contribution in [1.29, 1.82) is 0 Å². The highest BCUT2D eigenvalue weighted by atomic mass is 16.7. The monoisotopic (exact) mass is 479 g/mol. The Morgan fingerprint density at radius 3 is 2.20 bits per heavy atom. The van der Waals surface area contributed by atoms with Gasteiger partial charge in [-0.1, -0.05) is 48.5 Å². The molecule has 1 aliphatic carbocycles. The minimum Gasteiger partial charge on any atom is -0.448 e. The third kappa shape index (κ3) is 4.47. The molecule has 3 heterocycles. The van der Waals surface area contributed by atoms with Gasteiger partial charge >= 0.3 is 6.09 Å². The van der Waals surface area contributed by atoms with Crippen LogP contribution in [0.5, 0.6) is 0 Å². The van der Waals surface area contributed by atoms with E-state index in [0.29, 0.717) is 58.7 Å². The maximum Gasteiger partial charge on any atom is 0.410 e. The van der Waals surface area contributed by atoms with Crippen LogP contribution >= 0.6 is 0 Å². The minimum atomic E-state index is -0.858. The Bertz CT molecular complexity index is 1010. The number of rotatable bonds is 5. The van der Waals surface area contributed by atoms with Gasteiger partial charge in [-0.15, -0.1) is 0 Å². The van der Waals surface area contributed by atoms with Crippen molar-refractivity contribution >= 4 is 6.09 Å². The van der Waals surface area contributed by atoms with Crippen molar-refractivity contribution in [2.75, 3.05) is 33.0 Å². The van der Waals surface area contributed by atoms with Crippen molar-refractivity contribution < 1.29 is 28.8 Å². The number of fused-ring (bicyclic) bond motifs is 5. The van der Waals surface area contributed by atoms with Gasteiger partial charge in [-0.2, -0.15) is 0 Å². The second-order valence-corrected chi connectivity index (χ2v) is 10.3. The molecule has 1 amide bonds. The first kappa shape index (κ1) is 23.0. The molecule has 0 spiro atoms. The summed E-state index contributed by atoms with van der Waals surface area (Å²) in [6, 6.07) is 16.3. The van der Waals surface area contributed by atoms with Crippen molar-refractivity contribution in [3.8, 4) is 11.1 Å². The summed E-state index contributed by atoms with van der Waals surface area (Å²) >= 11 is 0. The summed E-state index contributed by atoms with van der Waals surface area (Å²) in [6.45, 7) is 2.54. The number of carbonyl (C=O) groups excluding carboxylic acids is 1. The Balaban J connectivity index is 1.12. The zero-order valence-electron chi connectivity index (χ0n) is 19.9. The first-order valence-electron chi connectivity index (χ1n) is 12.8. The lowest BCUT2D eigenvalue weighted by atomic mass is 9.78. The Hall–Kier alpha value is -2.45. The third-order valence-corrected chi connectivity index (χ3v) is 7.93. The molecule has 35 heavy (non-hydrogen) atoms. The van der Waals surface area contributed by atoms with Gasteiger partial charge in [0.05, 0.1) is 44.1 Å². The van der Waals surface area contributed by atoms with E-state index in [2.05, 4.69) is 24.3 Å². The fourth-order valence-electron chi connectivity index (χ4n) is 6.33. The first-order valence-corrected chi connectivity index (χ1v) is 12.8. The number of ether oxygens (including phenoxy) is 4. The number of piperidine rings is 1. The highest BCUT2D eigenvalue weighted by Gasteiger charge is 2.49. The van der Waals surface area contributed by atoms with E-state index in [1.807, 2.05) is 29.2 Å². The van der Waals surface area contributed by atoms with E-state index in [1.54, 1.807) is 0 Å². The Labute approximate surface area is 205 Å². The van der Waals surface area contributed by atoms with Crippen molar-refractivity contribution in [2.45, 2.75) is 62.0 Å². The molecule has 3 aliphatic heterocycles. The van der Waals surface area contributed by atoms with Gasteiger partial charge in [0.15, 0.2) is 6.29 Å². The molecular weight excluding hydrogens is 446 g/mol. The number of nitrogens with zero attached hydrogens (tertiary/aromatic N) is 1. The quantitative estimate of drug-likeness (QED) is 0.697. The van der Waals surface area contributed by atoms with Crippen LogP contribution < -0.4 is 0 Å². The van der Waals surface area contributed by atoms with Gasteiger partial charge in [0.25, 0.3) is 0 Å². The van der Waals surface area contributed by atoms with E-state index < -0.39 is 5.60 Å². The number of carbonyl (C=O) groups is 1. The summed E-state index contributed by atoms with van der Waals surface area (Å²) in [4.78, 5) is 15.2. The molecular formula is C28H33NO6. The Morgan fingerprint density at radius 1 is 0.971 bits per heavy atom. The van der Waals surface area contributed by atoms with Crippen LogP contribution in [0.4, 0.5) is 4.79 Å². The molecule has 2 bridgehead atoms. The summed E-state index contributed by atoms with van der Waals surface area (Å²) in [5.41, 5.74) is 3.96. The lowest BCUT2D eigenvalue weighted by Gasteiger charge is -2.51. The molecule has 6 rings (SSSR count). The highest BCUT2D eigenvalue weighted by molar-refractivity contribution is 5.79. The van der Waals surface area contributed by atoms with E-state index >= 15 is 0 Å². The predicted molar refractivity (Wildman–Crippen MR) is 129 cm³/mol. The maximum absolute atomic E-state index is 13.3. The molecule has 1 N–H and O–H groups in total. The smallest absolute Gasteiger partial charge is 0.410 e. The number of hydrogen-bond acceptors (Lipinski definition) is 6. The molecule has 7 nitrogen and oxygen atoms in total. The van der Waals surface area contributed by atoms with Crippen LogP contribution in [0.25, 0.3) is 11.1 Å². The van der Waals surface area contributed by atoms with Crippen molar-refractivity contribution in [3.05, 3.63) is 59.7 Å². The molecule has 0 radical (unpaired) electrons. The van der Waals surface area contributed by atoms with Gasteiger partial charge in [0.2, 0.25) is 0 Å². The van der Waals surface area contributed by atoms with Crippen LogP contribution in [0.3, 0.4) is 0 Å². The van der Waals surface area contributed by atoms with E-state index in [1.165, 1.54) is 22.3 Å². The number of benzene rings is 2. The van der Waals surface area contributed by atoms with Crippen molar-refractivity contribution in [2.24, 2.45) is 0 Å². The van der Waals surface area contributed by atoms with E-state index in [9.17, 15) is 9.90 Å². The van der Waals surface area contributed by atoms with Gasteiger partial charge in [-0.3, -0.25) is 4.90 Å². The topological polar surface area (TPSA) is 77.5 Å². The normalized spacial score (nSPS) is 28.4. The van der Waals surface area contributed by atoms with Crippen LogP contribution in [0.1, 0.15) is 49.1 Å². The van der Waals surface area contributed by atoms with Crippen LogP contribution in [0.2, 0.25) is 0 Å². The molecule has 2 aromatic rings. The first-order chi connectivity index (χ1) is 17.1. The second kappa shape index (κ2) is 9.54. The Morgan fingerprint density at radius 2 is 1.57 bits per heavy atom. The Kier molecular flexibility index (Phi) is 6.26. The molecule has 0 aromatic heterocycles. The lowest BCUT2D eigenvalue weighted by molar-refractivity contribution is -0.193. The van der Waals surface area contributed by atoms with Crippen LogP contribution in [0, 0.1) is 0 Å². The van der Waals surface area contributed by atoms with Crippen LogP contribution in [0.15, 0.2) is 48.5 Å². The van der Waals surface area contributed by atoms with Gasteiger partial charge in [-0.25, -0.2) is 4.79 Å². The van der Waals surface area contributed by atoms with E-state index in [0.717, 1.165) is 6.42 Å². The number of amides is 1. The molecule has 3 saturated heterocycles. The molecule has 3 fully saturated rings. The SMILES string of the molecule is O=C(OCC1c2ccccc2-c2ccccc21)N1C2COCC1CC(O)(CCC1OCCCO1)C2. The van der Waals surface area contributed by atoms with Gasteiger partial charge < -0.3 is 24.1 Å². The van der Waals surface area contributed by atoms with Crippen LogP contribution in [-0.2, 0) is 18.9 Å². The zero-order valence-corrected chi connectivity index (χ0v) is 19.9. The zero-order chi connectivity index (χ0) is 23.8. The molecule has 2 unspecified atom stereocenters. The standard InChI is InChI=1S/C28H33NO6/c30-27(35-18-25-23-8-3-1-6-21(23)22-7-2-4-9-24(22)25)29-19-14-28(31,15-20(29)17-32-16-19)11-10-26-33-12-5-13-34-26/h1-4,6-9,19-20,25-26,31H,5,10-18H2. The van der Waals surface area contributed by atoms with E-state index in [4.69, 9.17) is 18.9 Å². The lowest BCUT2D eigenvalue weighted by Crippen LogP contribution is -2.63. The van der Waals surface area contributed by atoms with E-state index in [-0.39, 0.29) is 30.4 Å². The third-order valence-electron chi connectivity index (χ3n) is 7.93. The predicted octanol–water partition coefficient (Wildman–Crippen LogP) is 4.07. The molecule has 2 aromatic carbocycles. The summed E-state index contributed by atoms with van der Waals surface area (Å²) in [5.74, 6) is 0.0275. The molecule has 7 heteroatoms. The summed E-state index contributed by atoms with van der Waals surface area (Å²) < 4.78 is 23.0. The number of aliphatic hydroxyl groups is 1. The average molecular weight is 480 g/mol. The molecule has 0 saturated carbocycles. The van der Waals surface area contributed by atoms with Gasteiger partial charge in [0, 0.05) is 12.3 Å². The molecule has 2 atom stereocenters. The van der Waals surface area contributed by atoms with Gasteiger partial charge in [-0.05, 0) is 47.9 Å². The second-order valence-electron chi connectivity index (χ2n) is 10.3. The number of hydrogen-bond donors (Lipinski definition) is 1. The number of morpholine rings is 1. The van der Waals surface area contributed by atoms with Crippen molar-refractivity contribution in [3.63, 3.8) is 0 Å². The maximum atomic E-state index is 13.3. The van der Waals surface area contributed by atoms with Gasteiger partial charge in [0.1, 0.15) is 6.61 Å². The largest absolute Gasteiger partial charge is 0.448 e. The summed E-state index contributed by atoms with van der Waals surface area (Å²) in [6.07, 6.45) is 2.54. The summed E-state index contributed by atoms with van der Waals surface area (Å²) in [5, 5.41) is 11.4. The summed E-state index contributed by atoms with van der Waals surface area (Å²) in [7, 11) is 0. The fraction of sp³-hybridized carbons (Fsp3) is 0.536. The van der Waals surface area contributed by atoms with Crippen molar-refractivity contribution in [1.82, 2.24) is 4.90 Å².